The number of aliphatic hydroxyl groups excluding tert-OH is 1. The minimum Gasteiger partial charge on any atom is -0.396 e. The Kier molecular flexibility index (Phi) is 2.89. The monoisotopic (exact) mass is 260 g/mol. The molecule has 18 heavy (non-hydrogen) atoms. The van der Waals surface area contributed by atoms with Crippen molar-refractivity contribution in [2.75, 3.05) is 12.4 Å². The van der Waals surface area contributed by atoms with E-state index in [0.29, 0.717) is 5.75 Å². The van der Waals surface area contributed by atoms with Crippen molar-refractivity contribution >= 4 is 28.3 Å². The van der Waals surface area contributed by atoms with Crippen LogP contribution in [0.5, 0.6) is 0 Å². The maximum Gasteiger partial charge on any atom is 0.191 e. The van der Waals surface area contributed by atoms with Crippen molar-refractivity contribution in [2.24, 2.45) is 0 Å². The summed E-state index contributed by atoms with van der Waals surface area (Å²) in [7, 11) is 0. The number of benzene rings is 1. The average Bonchev–Trinajstić information content (AvgIpc) is 2.78. The topological polar surface area (TPSA) is 63.3 Å². The van der Waals surface area contributed by atoms with E-state index in [1.165, 1.54) is 11.8 Å². The Balaban J connectivity index is 2.31. The van der Waals surface area contributed by atoms with Crippen LogP contribution in [0.4, 0.5) is 0 Å². The molecule has 1 N–H and O–H groups in total. The van der Waals surface area contributed by atoms with Crippen LogP contribution in [-0.2, 0) is 0 Å². The molecule has 3 rings (SSSR count). The van der Waals surface area contributed by atoms with E-state index < -0.39 is 0 Å². The van der Waals surface area contributed by atoms with Crippen molar-refractivity contribution < 1.29 is 5.11 Å². The molecule has 0 saturated heterocycles. The van der Waals surface area contributed by atoms with E-state index >= 15 is 0 Å². The zero-order valence-corrected chi connectivity index (χ0v) is 10.7. The Hall–Kier alpha value is -1.66. The summed E-state index contributed by atoms with van der Waals surface area (Å²) in [5.41, 5.74) is 1.72. The molecule has 92 valence electrons. The second-order valence-electron chi connectivity index (χ2n) is 3.88. The molecule has 0 aliphatic heterocycles. The van der Waals surface area contributed by atoms with Gasteiger partial charge in [0.1, 0.15) is 5.82 Å². The van der Waals surface area contributed by atoms with Gasteiger partial charge in [0, 0.05) is 11.1 Å². The molecule has 2 heterocycles. The lowest BCUT2D eigenvalue weighted by Crippen LogP contribution is -1.99. The first-order chi connectivity index (χ1) is 8.79. The zero-order valence-electron chi connectivity index (χ0n) is 9.87. The molecule has 0 bridgehead atoms. The third kappa shape index (κ3) is 1.83. The van der Waals surface area contributed by atoms with Gasteiger partial charge in [0.25, 0.3) is 0 Å². The van der Waals surface area contributed by atoms with Crippen molar-refractivity contribution in [1.82, 2.24) is 19.6 Å². The number of aryl methyl sites for hydroxylation is 1. The predicted molar refractivity (Wildman–Crippen MR) is 70.8 cm³/mol. The molecule has 0 saturated carbocycles. The van der Waals surface area contributed by atoms with Gasteiger partial charge in [0.05, 0.1) is 12.1 Å². The normalized spacial score (nSPS) is 11.4. The Bertz CT molecular complexity index is 710. The van der Waals surface area contributed by atoms with E-state index in [0.717, 1.165) is 27.5 Å². The standard InChI is InChI=1S/C12H12N4OS/c1-8-13-11-9-4-2-3-5-10(9)14-12(16(11)15-8)18-7-6-17/h2-5,17H,6-7H2,1H3. The van der Waals surface area contributed by atoms with Crippen molar-refractivity contribution in [1.29, 1.82) is 0 Å². The van der Waals surface area contributed by atoms with E-state index in [2.05, 4.69) is 15.1 Å². The van der Waals surface area contributed by atoms with Crippen LogP contribution in [0.25, 0.3) is 16.6 Å². The summed E-state index contributed by atoms with van der Waals surface area (Å²) in [5.74, 6) is 1.32. The lowest BCUT2D eigenvalue weighted by atomic mass is 10.2. The van der Waals surface area contributed by atoms with Gasteiger partial charge in [-0.2, -0.15) is 4.52 Å². The Labute approximate surface area is 108 Å². The summed E-state index contributed by atoms with van der Waals surface area (Å²) >= 11 is 1.48. The fourth-order valence-electron chi connectivity index (χ4n) is 1.86. The highest BCUT2D eigenvalue weighted by Crippen LogP contribution is 2.23. The van der Waals surface area contributed by atoms with Gasteiger partial charge < -0.3 is 5.11 Å². The Morgan fingerprint density at radius 2 is 2.11 bits per heavy atom. The molecule has 0 unspecified atom stereocenters. The molecule has 0 fully saturated rings. The molecule has 0 radical (unpaired) electrons. The molecule has 0 atom stereocenters. The number of hydrogen-bond acceptors (Lipinski definition) is 5. The largest absolute Gasteiger partial charge is 0.396 e. The maximum absolute atomic E-state index is 8.92. The Morgan fingerprint density at radius 1 is 1.28 bits per heavy atom. The molecule has 1 aromatic carbocycles. The predicted octanol–water partition coefficient (Wildman–Crippen LogP) is 1.67. The highest BCUT2D eigenvalue weighted by Gasteiger charge is 2.11. The molecule has 0 amide bonds. The number of aromatic nitrogens is 4. The summed E-state index contributed by atoms with van der Waals surface area (Å²) in [6.45, 7) is 1.98. The minimum absolute atomic E-state index is 0.119. The van der Waals surface area contributed by atoms with Crippen LogP contribution in [0.15, 0.2) is 29.4 Å². The van der Waals surface area contributed by atoms with Gasteiger partial charge in [0.15, 0.2) is 10.8 Å². The van der Waals surface area contributed by atoms with Gasteiger partial charge >= 0.3 is 0 Å². The molecular formula is C12H12N4OS. The van der Waals surface area contributed by atoms with Gasteiger partial charge in [-0.15, -0.1) is 5.10 Å². The summed E-state index contributed by atoms with van der Waals surface area (Å²) in [6, 6.07) is 7.87. The number of hydrogen-bond donors (Lipinski definition) is 1. The summed E-state index contributed by atoms with van der Waals surface area (Å²) in [6.07, 6.45) is 0. The number of nitrogens with zero attached hydrogens (tertiary/aromatic N) is 4. The molecule has 6 heteroatoms. The van der Waals surface area contributed by atoms with Gasteiger partial charge in [0.2, 0.25) is 0 Å². The van der Waals surface area contributed by atoms with E-state index in [9.17, 15) is 0 Å². The zero-order chi connectivity index (χ0) is 12.5. The van der Waals surface area contributed by atoms with Gasteiger partial charge in [-0.05, 0) is 19.1 Å². The first kappa shape index (κ1) is 11.4. The average molecular weight is 260 g/mol. The molecule has 0 aliphatic rings. The minimum atomic E-state index is 0.119. The van der Waals surface area contributed by atoms with E-state index in [1.54, 1.807) is 4.52 Å². The number of aliphatic hydroxyl groups is 1. The number of thioether (sulfide) groups is 1. The van der Waals surface area contributed by atoms with Crippen molar-refractivity contribution in [2.45, 2.75) is 12.1 Å². The summed E-state index contributed by atoms with van der Waals surface area (Å²) in [4.78, 5) is 9.01. The van der Waals surface area contributed by atoms with Gasteiger partial charge in [-0.25, -0.2) is 9.97 Å². The number of para-hydroxylation sites is 1. The van der Waals surface area contributed by atoms with Crippen molar-refractivity contribution in [3.8, 4) is 0 Å². The van der Waals surface area contributed by atoms with Crippen molar-refractivity contribution in [3.05, 3.63) is 30.1 Å². The van der Waals surface area contributed by atoms with Gasteiger partial charge in [-0.3, -0.25) is 0 Å². The van der Waals surface area contributed by atoms with Crippen LogP contribution in [0.1, 0.15) is 5.82 Å². The van der Waals surface area contributed by atoms with Crippen LogP contribution in [0.3, 0.4) is 0 Å². The lowest BCUT2D eigenvalue weighted by Gasteiger charge is -2.04. The van der Waals surface area contributed by atoms with Crippen molar-refractivity contribution in [3.63, 3.8) is 0 Å². The Morgan fingerprint density at radius 3 is 2.94 bits per heavy atom. The fraction of sp³-hybridized carbons (Fsp3) is 0.250. The number of rotatable bonds is 3. The summed E-state index contributed by atoms with van der Waals surface area (Å²) < 4.78 is 1.75. The maximum atomic E-state index is 8.92. The third-order valence-electron chi connectivity index (χ3n) is 2.58. The quantitative estimate of drug-likeness (QED) is 0.573. The van der Waals surface area contributed by atoms with Crippen LogP contribution < -0.4 is 0 Å². The second-order valence-corrected chi connectivity index (χ2v) is 4.94. The molecule has 0 spiro atoms. The van der Waals surface area contributed by atoms with Crippen LogP contribution >= 0.6 is 11.8 Å². The third-order valence-corrected chi connectivity index (χ3v) is 3.49. The smallest absolute Gasteiger partial charge is 0.191 e. The molecular weight excluding hydrogens is 248 g/mol. The van der Waals surface area contributed by atoms with Gasteiger partial charge in [-0.1, -0.05) is 23.9 Å². The molecule has 0 aliphatic carbocycles. The first-order valence-corrected chi connectivity index (χ1v) is 6.64. The SMILES string of the molecule is Cc1nc2c3ccccc3nc(SCCO)n2n1. The lowest BCUT2D eigenvalue weighted by molar-refractivity contribution is 0.322. The van der Waals surface area contributed by atoms with E-state index in [4.69, 9.17) is 5.11 Å². The van der Waals surface area contributed by atoms with Crippen LogP contribution in [-0.4, -0.2) is 37.0 Å². The van der Waals surface area contributed by atoms with Crippen LogP contribution in [0, 0.1) is 6.92 Å². The van der Waals surface area contributed by atoms with E-state index in [1.807, 2.05) is 31.2 Å². The summed E-state index contributed by atoms with van der Waals surface area (Å²) in [5, 5.41) is 15.0. The molecule has 5 nitrogen and oxygen atoms in total. The first-order valence-electron chi connectivity index (χ1n) is 5.65. The molecule has 2 aromatic heterocycles. The number of fused-ring (bicyclic) bond motifs is 3. The van der Waals surface area contributed by atoms with E-state index in [-0.39, 0.29) is 6.61 Å². The second kappa shape index (κ2) is 4.55. The highest BCUT2D eigenvalue weighted by molar-refractivity contribution is 7.99. The highest BCUT2D eigenvalue weighted by atomic mass is 32.2. The van der Waals surface area contributed by atoms with Crippen LogP contribution in [0.2, 0.25) is 0 Å². The fourth-order valence-corrected chi connectivity index (χ4v) is 2.55. The molecule has 3 aromatic rings.